The van der Waals surface area contributed by atoms with E-state index >= 15 is 0 Å². The standard InChI is InChI=1S/C20H17N3O2/c1-2-6-15(7-3-1)10-11-18-20(25-14-16-8-5-13-24-16)23-17-9-4-12-21-19(17)22-18/h1-4,6-7,9,12,16H,5,8,13-14H2. The van der Waals surface area contributed by atoms with Crippen molar-refractivity contribution in [3.8, 4) is 17.7 Å². The summed E-state index contributed by atoms with van der Waals surface area (Å²) in [5, 5.41) is 0. The quantitative estimate of drug-likeness (QED) is 0.691. The highest BCUT2D eigenvalue weighted by Gasteiger charge is 2.18. The summed E-state index contributed by atoms with van der Waals surface area (Å²) in [6.45, 7) is 1.25. The van der Waals surface area contributed by atoms with Crippen LogP contribution in [0.1, 0.15) is 24.1 Å². The molecule has 1 saturated heterocycles. The third kappa shape index (κ3) is 3.76. The van der Waals surface area contributed by atoms with Gasteiger partial charge in [-0.25, -0.2) is 15.0 Å². The fraction of sp³-hybridized carbons (Fsp3) is 0.250. The van der Waals surface area contributed by atoms with Gasteiger partial charge in [-0.05, 0) is 43.0 Å². The third-order valence-electron chi connectivity index (χ3n) is 3.94. The van der Waals surface area contributed by atoms with Gasteiger partial charge in [-0.1, -0.05) is 24.1 Å². The van der Waals surface area contributed by atoms with Gasteiger partial charge in [0.2, 0.25) is 5.88 Å². The van der Waals surface area contributed by atoms with Gasteiger partial charge in [-0.3, -0.25) is 0 Å². The van der Waals surface area contributed by atoms with E-state index < -0.39 is 0 Å². The maximum Gasteiger partial charge on any atom is 0.249 e. The number of hydrogen-bond acceptors (Lipinski definition) is 5. The molecule has 5 heteroatoms. The maximum atomic E-state index is 5.89. The number of benzene rings is 1. The van der Waals surface area contributed by atoms with Crippen molar-refractivity contribution in [1.29, 1.82) is 0 Å². The van der Waals surface area contributed by atoms with E-state index in [1.54, 1.807) is 6.20 Å². The molecule has 3 heterocycles. The first-order chi connectivity index (χ1) is 12.4. The molecule has 0 spiro atoms. The molecular formula is C20H17N3O2. The first-order valence-electron chi connectivity index (χ1n) is 8.33. The van der Waals surface area contributed by atoms with E-state index in [0.717, 1.165) is 25.0 Å². The maximum absolute atomic E-state index is 5.89. The lowest BCUT2D eigenvalue weighted by Crippen LogP contribution is -2.17. The molecule has 3 aromatic rings. The van der Waals surface area contributed by atoms with Crippen LogP contribution >= 0.6 is 0 Å². The summed E-state index contributed by atoms with van der Waals surface area (Å²) in [6, 6.07) is 13.5. The van der Waals surface area contributed by atoms with Crippen LogP contribution in [0.25, 0.3) is 11.2 Å². The molecular weight excluding hydrogens is 314 g/mol. The van der Waals surface area contributed by atoms with Crippen LogP contribution in [-0.2, 0) is 4.74 Å². The monoisotopic (exact) mass is 331 g/mol. The predicted molar refractivity (Wildman–Crippen MR) is 94.2 cm³/mol. The van der Waals surface area contributed by atoms with Gasteiger partial charge in [0.1, 0.15) is 12.1 Å². The van der Waals surface area contributed by atoms with Crippen molar-refractivity contribution in [2.24, 2.45) is 0 Å². The van der Waals surface area contributed by atoms with Gasteiger partial charge >= 0.3 is 0 Å². The molecule has 124 valence electrons. The summed E-state index contributed by atoms with van der Waals surface area (Å²) in [4.78, 5) is 13.3. The fourth-order valence-electron chi connectivity index (χ4n) is 2.66. The van der Waals surface area contributed by atoms with Gasteiger partial charge in [-0.15, -0.1) is 0 Å². The summed E-state index contributed by atoms with van der Waals surface area (Å²) in [5.74, 6) is 6.60. The molecule has 4 rings (SSSR count). The van der Waals surface area contributed by atoms with E-state index in [9.17, 15) is 0 Å². The van der Waals surface area contributed by atoms with E-state index in [2.05, 4.69) is 26.8 Å². The van der Waals surface area contributed by atoms with E-state index in [1.165, 1.54) is 0 Å². The number of hydrogen-bond donors (Lipinski definition) is 0. The Morgan fingerprint density at radius 2 is 2.00 bits per heavy atom. The Kier molecular flexibility index (Phi) is 4.53. The average molecular weight is 331 g/mol. The van der Waals surface area contributed by atoms with E-state index in [-0.39, 0.29) is 6.10 Å². The molecule has 1 fully saturated rings. The van der Waals surface area contributed by atoms with E-state index in [0.29, 0.717) is 29.3 Å². The Morgan fingerprint density at radius 1 is 1.08 bits per heavy atom. The van der Waals surface area contributed by atoms with Crippen LogP contribution in [0.3, 0.4) is 0 Å². The highest BCUT2D eigenvalue weighted by Crippen LogP contribution is 2.19. The molecule has 0 saturated carbocycles. The van der Waals surface area contributed by atoms with Crippen LogP contribution in [0.2, 0.25) is 0 Å². The zero-order chi connectivity index (χ0) is 16.9. The molecule has 5 nitrogen and oxygen atoms in total. The molecule has 0 aliphatic carbocycles. The first kappa shape index (κ1) is 15.6. The molecule has 1 atom stereocenters. The number of aromatic nitrogens is 3. The van der Waals surface area contributed by atoms with Gasteiger partial charge < -0.3 is 9.47 Å². The minimum Gasteiger partial charge on any atom is -0.473 e. The van der Waals surface area contributed by atoms with Gasteiger partial charge in [-0.2, -0.15) is 0 Å². The molecule has 0 radical (unpaired) electrons. The molecule has 1 aromatic carbocycles. The summed E-state index contributed by atoms with van der Waals surface area (Å²) in [5.41, 5.74) is 2.66. The number of rotatable bonds is 3. The van der Waals surface area contributed by atoms with E-state index in [4.69, 9.17) is 9.47 Å². The zero-order valence-electron chi connectivity index (χ0n) is 13.7. The Labute approximate surface area is 146 Å². The Morgan fingerprint density at radius 3 is 2.84 bits per heavy atom. The lowest BCUT2D eigenvalue weighted by Gasteiger charge is -2.11. The van der Waals surface area contributed by atoms with E-state index in [1.807, 2.05) is 42.5 Å². The average Bonchev–Trinajstić information content (AvgIpc) is 3.19. The van der Waals surface area contributed by atoms with Gasteiger partial charge in [0.15, 0.2) is 11.3 Å². The Hall–Kier alpha value is -2.97. The largest absolute Gasteiger partial charge is 0.473 e. The Balaban J connectivity index is 1.67. The van der Waals surface area contributed by atoms with Gasteiger partial charge in [0.05, 0.1) is 6.10 Å². The molecule has 1 unspecified atom stereocenters. The smallest absolute Gasteiger partial charge is 0.249 e. The lowest BCUT2D eigenvalue weighted by molar-refractivity contribution is 0.0662. The van der Waals surface area contributed by atoms with Crippen molar-refractivity contribution in [3.05, 3.63) is 59.9 Å². The SMILES string of the molecule is C(#Cc1nc2ncccc2nc1OCC1CCCO1)c1ccccc1. The second-order valence-corrected chi connectivity index (χ2v) is 5.79. The normalized spacial score (nSPS) is 16.4. The number of ether oxygens (including phenoxy) is 2. The minimum atomic E-state index is 0.112. The van der Waals surface area contributed by atoms with Crippen molar-refractivity contribution in [1.82, 2.24) is 15.0 Å². The van der Waals surface area contributed by atoms with Crippen molar-refractivity contribution in [3.63, 3.8) is 0 Å². The fourth-order valence-corrected chi connectivity index (χ4v) is 2.66. The molecule has 0 N–H and O–H groups in total. The van der Waals surface area contributed by atoms with Gasteiger partial charge in [0.25, 0.3) is 0 Å². The number of fused-ring (bicyclic) bond motifs is 1. The second-order valence-electron chi connectivity index (χ2n) is 5.79. The predicted octanol–water partition coefficient (Wildman–Crippen LogP) is 2.98. The van der Waals surface area contributed by atoms with Crippen LogP contribution in [0, 0.1) is 11.8 Å². The van der Waals surface area contributed by atoms with Crippen LogP contribution in [0.4, 0.5) is 0 Å². The van der Waals surface area contributed by atoms with Crippen LogP contribution in [0.15, 0.2) is 48.7 Å². The molecule has 2 aromatic heterocycles. The van der Waals surface area contributed by atoms with Crippen molar-refractivity contribution in [2.45, 2.75) is 18.9 Å². The highest BCUT2D eigenvalue weighted by molar-refractivity contribution is 5.71. The Bertz CT molecular complexity index is 926. The zero-order valence-corrected chi connectivity index (χ0v) is 13.7. The highest BCUT2D eigenvalue weighted by atomic mass is 16.5. The molecule has 0 amide bonds. The van der Waals surface area contributed by atoms with Crippen LogP contribution in [-0.4, -0.2) is 34.3 Å². The lowest BCUT2D eigenvalue weighted by atomic mass is 10.2. The van der Waals surface area contributed by atoms with Crippen molar-refractivity contribution >= 4 is 11.2 Å². The number of nitrogens with zero attached hydrogens (tertiary/aromatic N) is 3. The summed E-state index contributed by atoms with van der Waals surface area (Å²) < 4.78 is 11.5. The minimum absolute atomic E-state index is 0.112. The molecule has 0 bridgehead atoms. The van der Waals surface area contributed by atoms with Crippen molar-refractivity contribution in [2.75, 3.05) is 13.2 Å². The van der Waals surface area contributed by atoms with Gasteiger partial charge in [0, 0.05) is 18.4 Å². The molecule has 1 aliphatic heterocycles. The third-order valence-corrected chi connectivity index (χ3v) is 3.94. The number of pyridine rings is 1. The summed E-state index contributed by atoms with van der Waals surface area (Å²) in [7, 11) is 0. The molecule has 25 heavy (non-hydrogen) atoms. The summed E-state index contributed by atoms with van der Waals surface area (Å²) >= 11 is 0. The first-order valence-corrected chi connectivity index (χ1v) is 8.33. The molecule has 1 aliphatic rings. The second kappa shape index (κ2) is 7.29. The topological polar surface area (TPSA) is 57.1 Å². The summed E-state index contributed by atoms with van der Waals surface area (Å²) in [6.07, 6.45) is 3.88. The van der Waals surface area contributed by atoms with Crippen molar-refractivity contribution < 1.29 is 9.47 Å². The van der Waals surface area contributed by atoms with Crippen LogP contribution < -0.4 is 4.74 Å². The van der Waals surface area contributed by atoms with Crippen LogP contribution in [0.5, 0.6) is 5.88 Å².